The summed E-state index contributed by atoms with van der Waals surface area (Å²) in [5.74, 6) is 3.41. The van der Waals surface area contributed by atoms with Crippen LogP contribution in [0.15, 0.2) is 29.3 Å². The highest BCUT2D eigenvalue weighted by atomic mass is 127. The van der Waals surface area contributed by atoms with Crippen molar-refractivity contribution < 1.29 is 4.74 Å². The van der Waals surface area contributed by atoms with Crippen molar-refractivity contribution in [3.05, 3.63) is 29.8 Å². The average Bonchev–Trinajstić information content (AvgIpc) is 2.51. The van der Waals surface area contributed by atoms with Crippen LogP contribution in [0.25, 0.3) is 0 Å². The molecule has 0 spiro atoms. The molecule has 0 atom stereocenters. The average molecular weight is 451 g/mol. The molecule has 132 valence electrons. The van der Waals surface area contributed by atoms with Gasteiger partial charge in [-0.1, -0.05) is 26.0 Å². The Bertz CT molecular complexity index is 438. The minimum absolute atomic E-state index is 0. The summed E-state index contributed by atoms with van der Waals surface area (Å²) in [6, 6.07) is 8.18. The van der Waals surface area contributed by atoms with Crippen LogP contribution in [0.2, 0.25) is 0 Å². The number of hydrogen-bond acceptors (Lipinski definition) is 3. The summed E-state index contributed by atoms with van der Waals surface area (Å²) in [5.41, 5.74) is 1.18. The van der Waals surface area contributed by atoms with E-state index in [1.165, 1.54) is 5.56 Å². The second-order valence-corrected chi connectivity index (χ2v) is 6.45. The number of aliphatic imine (C=N–C) groups is 1. The van der Waals surface area contributed by atoms with E-state index in [2.05, 4.69) is 54.8 Å². The Kier molecular flexibility index (Phi) is 13.4. The number of benzene rings is 1. The third-order valence-corrected chi connectivity index (χ3v) is 3.48. The molecule has 2 N–H and O–H groups in total. The van der Waals surface area contributed by atoms with Crippen molar-refractivity contribution in [2.45, 2.75) is 27.3 Å². The second kappa shape index (κ2) is 13.8. The minimum atomic E-state index is 0. The van der Waals surface area contributed by atoms with Crippen LogP contribution in [0.5, 0.6) is 5.75 Å². The molecule has 0 saturated carbocycles. The number of ether oxygens (including phenoxy) is 1. The zero-order valence-electron chi connectivity index (χ0n) is 14.6. The molecule has 0 heterocycles. The summed E-state index contributed by atoms with van der Waals surface area (Å²) in [6.07, 6.45) is 2.11. The van der Waals surface area contributed by atoms with Gasteiger partial charge in [-0.25, -0.2) is 4.99 Å². The van der Waals surface area contributed by atoms with Gasteiger partial charge in [-0.2, -0.15) is 11.8 Å². The summed E-state index contributed by atoms with van der Waals surface area (Å²) in [4.78, 5) is 4.60. The lowest BCUT2D eigenvalue weighted by Gasteiger charge is -2.11. The fraction of sp³-hybridized carbons (Fsp3) is 0.588. The van der Waals surface area contributed by atoms with Gasteiger partial charge in [-0.3, -0.25) is 0 Å². The standard InChI is InChI=1S/C17H29N3OS.HI/c1-5-18-17(19-10-11-22-4)20-12-15-6-8-16(9-7-15)21-13-14(2)3;/h6-9,14H,5,10-13H2,1-4H3,(H2,18,19,20);1H. The second-order valence-electron chi connectivity index (χ2n) is 5.46. The minimum Gasteiger partial charge on any atom is -0.493 e. The molecule has 0 aliphatic rings. The lowest BCUT2D eigenvalue weighted by atomic mass is 10.2. The van der Waals surface area contributed by atoms with E-state index >= 15 is 0 Å². The van der Waals surface area contributed by atoms with Crippen molar-refractivity contribution in [3.63, 3.8) is 0 Å². The van der Waals surface area contributed by atoms with E-state index < -0.39 is 0 Å². The summed E-state index contributed by atoms with van der Waals surface area (Å²) >= 11 is 1.83. The van der Waals surface area contributed by atoms with E-state index in [1.54, 1.807) is 0 Å². The highest BCUT2D eigenvalue weighted by Gasteiger charge is 1.99. The molecule has 6 heteroatoms. The quantitative estimate of drug-likeness (QED) is 0.260. The van der Waals surface area contributed by atoms with Crippen molar-refractivity contribution >= 4 is 41.7 Å². The van der Waals surface area contributed by atoms with Crippen molar-refractivity contribution in [3.8, 4) is 5.75 Å². The molecule has 0 saturated heterocycles. The van der Waals surface area contributed by atoms with E-state index in [1.807, 2.05) is 23.9 Å². The first-order valence-electron chi connectivity index (χ1n) is 7.88. The molecule has 23 heavy (non-hydrogen) atoms. The van der Waals surface area contributed by atoms with E-state index in [-0.39, 0.29) is 24.0 Å². The molecule has 0 aromatic heterocycles. The summed E-state index contributed by atoms with van der Waals surface area (Å²) in [5, 5.41) is 6.59. The van der Waals surface area contributed by atoms with Crippen molar-refractivity contribution in [1.82, 2.24) is 10.6 Å². The molecular formula is C17H30IN3OS. The van der Waals surface area contributed by atoms with Crippen LogP contribution in [0.3, 0.4) is 0 Å². The van der Waals surface area contributed by atoms with Gasteiger partial charge in [0.25, 0.3) is 0 Å². The fourth-order valence-corrected chi connectivity index (χ4v) is 2.04. The third kappa shape index (κ3) is 10.7. The van der Waals surface area contributed by atoms with E-state index in [4.69, 9.17) is 4.74 Å². The van der Waals surface area contributed by atoms with Crippen LogP contribution in [0.1, 0.15) is 26.3 Å². The van der Waals surface area contributed by atoms with E-state index in [0.29, 0.717) is 12.5 Å². The number of rotatable bonds is 9. The van der Waals surface area contributed by atoms with Gasteiger partial charge >= 0.3 is 0 Å². The predicted molar refractivity (Wildman–Crippen MR) is 113 cm³/mol. The molecule has 0 fully saturated rings. The Labute approximate surface area is 162 Å². The maximum atomic E-state index is 5.69. The van der Waals surface area contributed by atoms with Crippen molar-refractivity contribution in [1.29, 1.82) is 0 Å². The summed E-state index contributed by atoms with van der Waals surface area (Å²) in [7, 11) is 0. The first kappa shape index (κ1) is 22.4. The van der Waals surface area contributed by atoms with Gasteiger partial charge in [-0.15, -0.1) is 24.0 Å². The Morgan fingerprint density at radius 2 is 1.91 bits per heavy atom. The number of nitrogens with one attached hydrogen (secondary N) is 2. The highest BCUT2D eigenvalue weighted by molar-refractivity contribution is 14.0. The van der Waals surface area contributed by atoms with Gasteiger partial charge in [0.1, 0.15) is 5.75 Å². The highest BCUT2D eigenvalue weighted by Crippen LogP contribution is 2.13. The Morgan fingerprint density at radius 1 is 1.22 bits per heavy atom. The largest absolute Gasteiger partial charge is 0.493 e. The lowest BCUT2D eigenvalue weighted by molar-refractivity contribution is 0.271. The first-order chi connectivity index (χ1) is 10.7. The molecule has 0 unspecified atom stereocenters. The normalized spacial score (nSPS) is 11.1. The van der Waals surface area contributed by atoms with Gasteiger partial charge in [0.2, 0.25) is 0 Å². The number of halogens is 1. The predicted octanol–water partition coefficient (Wildman–Crippen LogP) is 3.76. The summed E-state index contributed by atoms with van der Waals surface area (Å²) in [6.45, 7) is 9.58. The molecule has 0 amide bonds. The SMILES string of the molecule is CCNC(=NCc1ccc(OCC(C)C)cc1)NCCSC.I. The third-order valence-electron chi connectivity index (χ3n) is 2.87. The van der Waals surface area contributed by atoms with Gasteiger partial charge < -0.3 is 15.4 Å². The molecular weight excluding hydrogens is 421 g/mol. The van der Waals surface area contributed by atoms with E-state index in [0.717, 1.165) is 37.2 Å². The van der Waals surface area contributed by atoms with Crippen LogP contribution in [-0.2, 0) is 6.54 Å². The number of guanidine groups is 1. The molecule has 1 rings (SSSR count). The maximum absolute atomic E-state index is 5.69. The maximum Gasteiger partial charge on any atom is 0.191 e. The van der Waals surface area contributed by atoms with Gasteiger partial charge in [0.05, 0.1) is 13.2 Å². The zero-order valence-corrected chi connectivity index (χ0v) is 17.7. The molecule has 0 aliphatic heterocycles. The smallest absolute Gasteiger partial charge is 0.191 e. The van der Waals surface area contributed by atoms with Gasteiger partial charge in [0, 0.05) is 18.8 Å². The topological polar surface area (TPSA) is 45.7 Å². The molecule has 0 aliphatic carbocycles. The number of nitrogens with zero attached hydrogens (tertiary/aromatic N) is 1. The summed E-state index contributed by atoms with van der Waals surface area (Å²) < 4.78 is 5.69. The van der Waals surface area contributed by atoms with Crippen molar-refractivity contribution in [2.75, 3.05) is 31.7 Å². The molecule has 0 bridgehead atoms. The zero-order chi connectivity index (χ0) is 16.2. The lowest BCUT2D eigenvalue weighted by Crippen LogP contribution is -2.38. The van der Waals surface area contributed by atoms with Crippen LogP contribution >= 0.6 is 35.7 Å². The number of thioether (sulfide) groups is 1. The molecule has 1 aromatic rings. The molecule has 4 nitrogen and oxygen atoms in total. The number of hydrogen-bond donors (Lipinski definition) is 2. The van der Waals surface area contributed by atoms with E-state index in [9.17, 15) is 0 Å². The van der Waals surface area contributed by atoms with Crippen LogP contribution in [0.4, 0.5) is 0 Å². The monoisotopic (exact) mass is 451 g/mol. The van der Waals surface area contributed by atoms with Crippen LogP contribution in [-0.4, -0.2) is 37.7 Å². The Balaban J connectivity index is 0.00000484. The first-order valence-corrected chi connectivity index (χ1v) is 9.28. The Hall–Kier alpha value is -0.630. The van der Waals surface area contributed by atoms with Gasteiger partial charge in [-0.05, 0) is 36.8 Å². The molecule has 1 aromatic carbocycles. The fourth-order valence-electron chi connectivity index (χ4n) is 1.74. The van der Waals surface area contributed by atoms with Crippen LogP contribution in [0, 0.1) is 5.92 Å². The van der Waals surface area contributed by atoms with Gasteiger partial charge in [0.15, 0.2) is 5.96 Å². The van der Waals surface area contributed by atoms with Crippen molar-refractivity contribution in [2.24, 2.45) is 10.9 Å². The Morgan fingerprint density at radius 3 is 2.48 bits per heavy atom. The molecule has 0 radical (unpaired) electrons. The van der Waals surface area contributed by atoms with Crippen LogP contribution < -0.4 is 15.4 Å².